The highest BCUT2D eigenvalue weighted by molar-refractivity contribution is 6.06. The number of nitrogens with two attached hydrogens (primary N) is 1. The number of imide groups is 1. The molecule has 0 spiro atoms. The van der Waals surface area contributed by atoms with Crippen LogP contribution in [0.5, 0.6) is 0 Å². The third-order valence-corrected chi connectivity index (χ3v) is 16.8. The smallest absolute Gasteiger partial charge is 0.312 e. The number of methoxy groups -OCH3 is 1. The molecule has 1 aliphatic heterocycles. The van der Waals surface area contributed by atoms with E-state index < -0.39 is 89.9 Å². The van der Waals surface area contributed by atoms with Gasteiger partial charge in [0, 0.05) is 51.6 Å². The highest BCUT2D eigenvalue weighted by Crippen LogP contribution is 2.19. The Morgan fingerprint density at radius 2 is 0.707 bits per heavy atom. The maximum Gasteiger partial charge on any atom is 0.312 e. The summed E-state index contributed by atoms with van der Waals surface area (Å²) in [5.74, 6) is -6.21. The van der Waals surface area contributed by atoms with Gasteiger partial charge in [0.05, 0.1) is 311 Å². The van der Waals surface area contributed by atoms with E-state index in [4.69, 9.17) is 124 Å². The van der Waals surface area contributed by atoms with E-state index in [1.165, 1.54) is 6.92 Å². The third-order valence-electron chi connectivity index (χ3n) is 16.8. The quantitative estimate of drug-likeness (QED) is 0.0247. The monoisotopic (exact) mass is 1770 g/mol. The van der Waals surface area contributed by atoms with Crippen LogP contribution in [0, 0.1) is 11.8 Å². The van der Waals surface area contributed by atoms with Crippen molar-refractivity contribution >= 4 is 59.0 Å². The van der Waals surface area contributed by atoms with Crippen LogP contribution in [0.4, 0.5) is 10.5 Å². The van der Waals surface area contributed by atoms with Crippen molar-refractivity contribution in [3.8, 4) is 0 Å². The zero-order valence-electron chi connectivity index (χ0n) is 73.2. The predicted molar refractivity (Wildman–Crippen MR) is 441 cm³/mol. The maximum atomic E-state index is 14.0. The Hall–Kier alpha value is -6.51. The Morgan fingerprint density at radius 3 is 1.00 bits per heavy atom. The molecule has 8 N–H and O–H groups in total. The second kappa shape index (κ2) is 82.5. The van der Waals surface area contributed by atoms with Crippen molar-refractivity contribution in [3.05, 3.63) is 29.8 Å². The molecule has 42 nitrogen and oxygen atoms in total. The summed E-state index contributed by atoms with van der Waals surface area (Å²) in [7, 11) is 1.64. The molecule has 1 aliphatic rings. The van der Waals surface area contributed by atoms with E-state index in [0.29, 0.717) is 302 Å². The van der Waals surface area contributed by atoms with Crippen LogP contribution in [0.25, 0.3) is 0 Å². The van der Waals surface area contributed by atoms with Crippen LogP contribution in [0.1, 0.15) is 65.4 Å². The molecule has 712 valence electrons. The van der Waals surface area contributed by atoms with Crippen LogP contribution < -0.4 is 37.6 Å². The van der Waals surface area contributed by atoms with Crippen molar-refractivity contribution in [1.82, 2.24) is 31.5 Å². The predicted octanol–water partition coefficient (Wildman–Crippen LogP) is -0.433. The number of ether oxygens (including phenoxy) is 25. The Morgan fingerprint density at radius 1 is 0.390 bits per heavy atom. The highest BCUT2D eigenvalue weighted by atomic mass is 16.6. The lowest BCUT2D eigenvalue weighted by Crippen LogP contribution is -2.58. The molecule has 0 aromatic heterocycles. The zero-order valence-corrected chi connectivity index (χ0v) is 73.2. The molecule has 0 aliphatic carbocycles. The molecule has 1 saturated heterocycles. The minimum Gasteiger partial charge on any atom is -0.461 e. The van der Waals surface area contributed by atoms with Crippen LogP contribution >= 0.6 is 0 Å². The zero-order chi connectivity index (χ0) is 89.2. The summed E-state index contributed by atoms with van der Waals surface area (Å²) >= 11 is 0. The summed E-state index contributed by atoms with van der Waals surface area (Å²) in [6, 6.07) is 1.85. The number of primary amides is 1. The van der Waals surface area contributed by atoms with E-state index in [0.717, 1.165) is 4.90 Å². The van der Waals surface area contributed by atoms with E-state index in [9.17, 15) is 43.2 Å². The van der Waals surface area contributed by atoms with E-state index >= 15 is 0 Å². The Bertz CT molecular complexity index is 2780. The number of esters is 1. The number of hydrogen-bond donors (Lipinski definition) is 7. The molecular formula is C81H144N8O34. The average molecular weight is 1770 g/mol. The fourth-order valence-corrected chi connectivity index (χ4v) is 10.3. The molecule has 1 heterocycles. The Balaban J connectivity index is 1.34. The SMILES string of the molecule is COCCOCCOCCOCCOCCOCCOCCOCCOCCOCCOCCOCCOCCOCCOCCOCCOCCOCCOCCOCCOCCOCCOCCOCCC(=O)NCC[C@H](NC(=O)CN1C(=O)CC(C)C1=O)C(=O)N[C@H](C(=O)N[C@@H](CCCNC(N)=O)C(=O)Nc1ccc(COC(C)=O)cc1)C(C)C. The summed E-state index contributed by atoms with van der Waals surface area (Å²) in [5.41, 5.74) is 6.24. The molecule has 9 amide bonds. The van der Waals surface area contributed by atoms with Crippen LogP contribution in [-0.4, -0.2) is 414 Å². The molecule has 1 aromatic carbocycles. The second-order valence-electron chi connectivity index (χ2n) is 27.2. The normalized spacial score (nSPS) is 13.5. The lowest BCUT2D eigenvalue weighted by molar-refractivity contribution is -0.143. The fraction of sp³-hybridized carbons (Fsp3) is 0.815. The number of hydrogen-bond acceptors (Lipinski definition) is 34. The topological polar surface area (TPSA) is 486 Å². The first-order valence-corrected chi connectivity index (χ1v) is 42.4. The largest absolute Gasteiger partial charge is 0.461 e. The lowest BCUT2D eigenvalue weighted by atomic mass is 10.0. The van der Waals surface area contributed by atoms with Gasteiger partial charge < -0.3 is 156 Å². The molecular weight excluding hydrogens is 1630 g/mol. The molecule has 0 bridgehead atoms. The Labute approximate surface area is 723 Å². The van der Waals surface area contributed by atoms with Gasteiger partial charge in [0.15, 0.2) is 0 Å². The summed E-state index contributed by atoms with van der Waals surface area (Å²) in [4.78, 5) is 116. The first-order valence-electron chi connectivity index (χ1n) is 42.4. The number of carbonyl (C=O) groups is 9. The van der Waals surface area contributed by atoms with Crippen LogP contribution in [-0.2, 0) is 163 Å². The van der Waals surface area contributed by atoms with Crippen molar-refractivity contribution in [1.29, 1.82) is 0 Å². The van der Waals surface area contributed by atoms with E-state index in [1.807, 2.05) is 0 Å². The number of amides is 9. The van der Waals surface area contributed by atoms with Crippen LogP contribution in [0.3, 0.4) is 0 Å². The molecule has 0 radical (unpaired) electrons. The van der Waals surface area contributed by atoms with Crippen LogP contribution in [0.2, 0.25) is 0 Å². The standard InChI is InChI=1S/C81H144N8O34/c1-66(2)76(79(96)87-71(7-6-14-84-81(82)98)77(94)85-70-10-8-69(9-11-70)65-123-68(4)90)88-78(95)72(86-74(92)64-89-75(93)63-67(3)80(89)97)12-15-83-73(91)13-16-100-19-20-102-23-24-104-27-28-106-31-32-108-35-36-110-39-40-112-43-44-114-47-48-116-51-52-118-55-56-120-59-60-122-62-61-121-58-57-119-54-53-117-50-49-115-46-45-113-42-41-111-38-37-109-34-33-107-30-29-105-26-25-103-22-21-101-18-17-99-5/h8-11,66-67,71-72,76H,6-7,12-65H2,1-5H3,(H,83,91)(H,85,94)(H,86,92)(H,87,96)(H,88,95)(H3,82,84,98)/t67?,71-,72-,76-/m0/s1. The first kappa shape index (κ1) is 113. The number of nitrogens with one attached hydrogen (secondary N) is 6. The van der Waals surface area contributed by atoms with Crippen LogP contribution in [0.15, 0.2) is 24.3 Å². The molecule has 2 rings (SSSR count). The molecule has 0 saturated carbocycles. The van der Waals surface area contributed by atoms with Gasteiger partial charge in [-0.15, -0.1) is 0 Å². The summed E-state index contributed by atoms with van der Waals surface area (Å²) in [6.45, 7) is 26.1. The average Bonchev–Trinajstić information content (AvgIpc) is 1.78. The van der Waals surface area contributed by atoms with Crippen molar-refractivity contribution < 1.29 is 162 Å². The van der Waals surface area contributed by atoms with Crippen molar-refractivity contribution in [3.63, 3.8) is 0 Å². The number of carbonyl (C=O) groups excluding carboxylic acids is 9. The van der Waals surface area contributed by atoms with Gasteiger partial charge in [-0.25, -0.2) is 4.79 Å². The summed E-state index contributed by atoms with van der Waals surface area (Å²) in [5, 5.41) is 15.7. The third kappa shape index (κ3) is 69.3. The molecule has 1 unspecified atom stereocenters. The molecule has 1 fully saturated rings. The van der Waals surface area contributed by atoms with Gasteiger partial charge in [0.1, 0.15) is 31.3 Å². The molecule has 123 heavy (non-hydrogen) atoms. The maximum absolute atomic E-state index is 14.0. The molecule has 42 heteroatoms. The van der Waals surface area contributed by atoms with Gasteiger partial charge in [0.2, 0.25) is 41.4 Å². The lowest BCUT2D eigenvalue weighted by Gasteiger charge is -2.27. The molecule has 4 atom stereocenters. The fourth-order valence-electron chi connectivity index (χ4n) is 10.3. The van der Waals surface area contributed by atoms with Gasteiger partial charge in [-0.2, -0.15) is 0 Å². The minimum atomic E-state index is -1.37. The van der Waals surface area contributed by atoms with Gasteiger partial charge in [-0.05, 0) is 42.9 Å². The van der Waals surface area contributed by atoms with Gasteiger partial charge >= 0.3 is 12.0 Å². The first-order chi connectivity index (χ1) is 60.0. The number of nitrogens with zero attached hydrogens (tertiary/aromatic N) is 1. The van der Waals surface area contributed by atoms with Gasteiger partial charge in [0.25, 0.3) is 0 Å². The van der Waals surface area contributed by atoms with Crippen molar-refractivity contribution in [2.24, 2.45) is 17.6 Å². The molecule has 1 aromatic rings. The van der Waals surface area contributed by atoms with E-state index in [-0.39, 0.29) is 71.6 Å². The Kier molecular flexibility index (Phi) is 75.5. The van der Waals surface area contributed by atoms with Crippen molar-refractivity contribution in [2.75, 3.05) is 343 Å². The second-order valence-corrected chi connectivity index (χ2v) is 27.2. The van der Waals surface area contributed by atoms with Gasteiger partial charge in [-0.3, -0.25) is 43.3 Å². The van der Waals surface area contributed by atoms with E-state index in [2.05, 4.69) is 31.9 Å². The highest BCUT2D eigenvalue weighted by Gasteiger charge is 2.38. The number of rotatable bonds is 91. The van der Waals surface area contributed by atoms with E-state index in [1.54, 1.807) is 52.1 Å². The number of benzene rings is 1. The van der Waals surface area contributed by atoms with Gasteiger partial charge in [-0.1, -0.05) is 32.9 Å². The summed E-state index contributed by atoms with van der Waals surface area (Å²) < 4.78 is 137. The summed E-state index contributed by atoms with van der Waals surface area (Å²) in [6.07, 6.45) is -0.0474. The number of likely N-dealkylation sites (tertiary alicyclic amines) is 1. The number of anilines is 1. The minimum absolute atomic E-state index is 0.0224. The van der Waals surface area contributed by atoms with Crippen molar-refractivity contribution in [2.45, 2.75) is 84.5 Å². The number of urea groups is 1.